The highest BCUT2D eigenvalue weighted by Crippen LogP contribution is 2.31. The fourth-order valence-electron chi connectivity index (χ4n) is 2.60. The summed E-state index contributed by atoms with van der Waals surface area (Å²) in [4.78, 5) is 0. The molecule has 4 nitrogen and oxygen atoms in total. The van der Waals surface area contributed by atoms with Crippen LogP contribution in [-0.2, 0) is 0 Å². The van der Waals surface area contributed by atoms with Crippen molar-refractivity contribution >= 4 is 6.08 Å². The third-order valence-electron chi connectivity index (χ3n) is 3.22. The molecule has 2 saturated heterocycles. The van der Waals surface area contributed by atoms with Gasteiger partial charge < -0.3 is 9.73 Å². The van der Waals surface area contributed by atoms with Crippen LogP contribution in [0.1, 0.15) is 37.5 Å². The number of piperidine rings is 1. The lowest BCUT2D eigenvalue weighted by molar-refractivity contribution is 0.472. The molecule has 2 aliphatic rings. The molecule has 0 radical (unpaired) electrons. The van der Waals surface area contributed by atoms with Crippen LogP contribution in [0.2, 0.25) is 0 Å². The van der Waals surface area contributed by atoms with Crippen LogP contribution >= 0.6 is 0 Å². The first-order valence-corrected chi connectivity index (χ1v) is 5.55. The molecule has 15 heavy (non-hydrogen) atoms. The zero-order chi connectivity index (χ0) is 10.3. The fraction of sp³-hybridized carbons (Fsp3) is 0.636. The van der Waals surface area contributed by atoms with Crippen LogP contribution in [-0.4, -0.2) is 22.3 Å². The van der Waals surface area contributed by atoms with Gasteiger partial charge in [0.25, 0.3) is 0 Å². The Morgan fingerprint density at radius 2 is 2.00 bits per heavy atom. The van der Waals surface area contributed by atoms with Crippen molar-refractivity contribution < 1.29 is 4.42 Å². The Kier molecular flexibility index (Phi) is 2.09. The number of fused-ring (bicyclic) bond motifs is 2. The van der Waals surface area contributed by atoms with Gasteiger partial charge in [0.1, 0.15) is 0 Å². The third-order valence-corrected chi connectivity index (χ3v) is 3.22. The summed E-state index contributed by atoms with van der Waals surface area (Å²) in [5.74, 6) is 1.29. The van der Waals surface area contributed by atoms with Crippen LogP contribution < -0.4 is 5.32 Å². The van der Waals surface area contributed by atoms with Crippen LogP contribution in [0.4, 0.5) is 0 Å². The summed E-state index contributed by atoms with van der Waals surface area (Å²) in [6.45, 7) is 1.82. The van der Waals surface area contributed by atoms with E-state index in [1.165, 1.54) is 18.4 Å². The van der Waals surface area contributed by atoms with E-state index >= 15 is 0 Å². The summed E-state index contributed by atoms with van der Waals surface area (Å²) >= 11 is 0. The van der Waals surface area contributed by atoms with Crippen LogP contribution in [0.5, 0.6) is 0 Å². The van der Waals surface area contributed by atoms with E-state index in [2.05, 4.69) is 21.6 Å². The number of hydrogen-bond donors (Lipinski definition) is 1. The lowest BCUT2D eigenvalue weighted by atomic mass is 9.99. The third kappa shape index (κ3) is 1.81. The predicted molar refractivity (Wildman–Crippen MR) is 56.2 cm³/mol. The van der Waals surface area contributed by atoms with Gasteiger partial charge in [0, 0.05) is 25.1 Å². The van der Waals surface area contributed by atoms with Gasteiger partial charge in [-0.15, -0.1) is 10.2 Å². The van der Waals surface area contributed by atoms with E-state index in [-0.39, 0.29) is 0 Å². The Hall–Kier alpha value is -1.16. The molecule has 1 aromatic rings. The molecule has 0 amide bonds. The maximum Gasteiger partial charge on any atom is 0.240 e. The molecule has 2 fully saturated rings. The van der Waals surface area contributed by atoms with Gasteiger partial charge in [0.05, 0.1) is 0 Å². The van der Waals surface area contributed by atoms with Gasteiger partial charge in [-0.3, -0.25) is 0 Å². The van der Waals surface area contributed by atoms with Crippen LogP contribution in [0.15, 0.2) is 9.99 Å². The molecule has 2 atom stereocenters. The highest BCUT2D eigenvalue weighted by molar-refractivity contribution is 5.44. The molecule has 0 aromatic carbocycles. The Balaban J connectivity index is 1.80. The minimum atomic E-state index is 0.638. The second-order valence-corrected chi connectivity index (χ2v) is 4.51. The van der Waals surface area contributed by atoms with Crippen molar-refractivity contribution in [2.45, 2.75) is 44.7 Å². The number of rotatable bonds is 1. The molecule has 0 saturated carbocycles. The van der Waals surface area contributed by atoms with Crippen molar-refractivity contribution in [3.63, 3.8) is 0 Å². The van der Waals surface area contributed by atoms with E-state index in [4.69, 9.17) is 4.42 Å². The van der Waals surface area contributed by atoms with Crippen molar-refractivity contribution in [3.05, 3.63) is 17.4 Å². The second kappa shape index (κ2) is 3.45. The molecule has 3 heterocycles. The molecule has 4 heteroatoms. The monoisotopic (exact) mass is 205 g/mol. The molecular formula is C11H15N3O. The Morgan fingerprint density at radius 3 is 2.60 bits per heavy atom. The Labute approximate surface area is 88.8 Å². The SMILES string of the molecule is Cc1nnc(C=C2CC3CCC(C2)N3)o1. The van der Waals surface area contributed by atoms with Crippen LogP contribution in [0.3, 0.4) is 0 Å². The van der Waals surface area contributed by atoms with E-state index in [9.17, 15) is 0 Å². The largest absolute Gasteiger partial charge is 0.422 e. The van der Waals surface area contributed by atoms with Crippen molar-refractivity contribution in [3.8, 4) is 0 Å². The summed E-state index contributed by atoms with van der Waals surface area (Å²) in [6.07, 6.45) is 6.96. The van der Waals surface area contributed by atoms with E-state index in [0.717, 1.165) is 12.8 Å². The number of hydrogen-bond acceptors (Lipinski definition) is 4. The standard InChI is InChI=1S/C11H15N3O/c1-7-13-14-11(15-7)6-8-4-9-2-3-10(5-8)12-9/h6,9-10,12H,2-5H2,1H3. The summed E-state index contributed by atoms with van der Waals surface area (Å²) in [6, 6.07) is 1.36. The van der Waals surface area contributed by atoms with Gasteiger partial charge in [-0.1, -0.05) is 5.57 Å². The maximum absolute atomic E-state index is 5.36. The highest BCUT2D eigenvalue weighted by Gasteiger charge is 2.30. The summed E-state index contributed by atoms with van der Waals surface area (Å²) in [5, 5.41) is 11.4. The first-order valence-electron chi connectivity index (χ1n) is 5.55. The van der Waals surface area contributed by atoms with Crippen molar-refractivity contribution in [2.24, 2.45) is 0 Å². The number of nitrogens with one attached hydrogen (secondary N) is 1. The first-order chi connectivity index (χ1) is 7.29. The van der Waals surface area contributed by atoms with Gasteiger partial charge >= 0.3 is 0 Å². The summed E-state index contributed by atoms with van der Waals surface area (Å²) < 4.78 is 5.36. The lowest BCUT2D eigenvalue weighted by Crippen LogP contribution is -2.34. The summed E-state index contributed by atoms with van der Waals surface area (Å²) in [7, 11) is 0. The fourth-order valence-corrected chi connectivity index (χ4v) is 2.60. The first kappa shape index (κ1) is 9.09. The van der Waals surface area contributed by atoms with Gasteiger partial charge in [0.2, 0.25) is 11.8 Å². The molecule has 3 rings (SSSR count). The quantitative estimate of drug-likeness (QED) is 0.757. The molecule has 2 aliphatic heterocycles. The average molecular weight is 205 g/mol. The van der Waals surface area contributed by atoms with E-state index in [1.54, 1.807) is 0 Å². The molecule has 2 bridgehead atoms. The van der Waals surface area contributed by atoms with E-state index < -0.39 is 0 Å². The maximum atomic E-state index is 5.36. The second-order valence-electron chi connectivity index (χ2n) is 4.51. The Morgan fingerprint density at radius 1 is 1.27 bits per heavy atom. The van der Waals surface area contributed by atoms with Gasteiger partial charge in [-0.05, 0) is 25.7 Å². The summed E-state index contributed by atoms with van der Waals surface area (Å²) in [5.41, 5.74) is 1.45. The number of aryl methyl sites for hydroxylation is 1. The molecule has 80 valence electrons. The molecule has 0 spiro atoms. The smallest absolute Gasteiger partial charge is 0.240 e. The van der Waals surface area contributed by atoms with Gasteiger partial charge in [0.15, 0.2) is 0 Å². The van der Waals surface area contributed by atoms with Crippen molar-refractivity contribution in [1.29, 1.82) is 0 Å². The van der Waals surface area contributed by atoms with Crippen LogP contribution in [0.25, 0.3) is 6.08 Å². The molecule has 1 aromatic heterocycles. The van der Waals surface area contributed by atoms with Crippen molar-refractivity contribution in [2.75, 3.05) is 0 Å². The van der Waals surface area contributed by atoms with Gasteiger partial charge in [-0.2, -0.15) is 0 Å². The predicted octanol–water partition coefficient (Wildman–Crippen LogP) is 1.68. The number of aromatic nitrogens is 2. The van der Waals surface area contributed by atoms with E-state index in [0.29, 0.717) is 23.9 Å². The number of nitrogens with zero attached hydrogens (tertiary/aromatic N) is 2. The average Bonchev–Trinajstić information content (AvgIpc) is 2.74. The van der Waals surface area contributed by atoms with E-state index in [1.807, 2.05) is 6.92 Å². The zero-order valence-electron chi connectivity index (χ0n) is 8.86. The minimum Gasteiger partial charge on any atom is -0.422 e. The van der Waals surface area contributed by atoms with Crippen LogP contribution in [0, 0.1) is 6.92 Å². The lowest BCUT2D eigenvalue weighted by Gasteiger charge is -2.23. The van der Waals surface area contributed by atoms with Gasteiger partial charge in [-0.25, -0.2) is 0 Å². The minimum absolute atomic E-state index is 0.638. The molecule has 1 N–H and O–H groups in total. The zero-order valence-corrected chi connectivity index (χ0v) is 8.86. The highest BCUT2D eigenvalue weighted by atomic mass is 16.4. The topological polar surface area (TPSA) is 51.0 Å². The molecular weight excluding hydrogens is 190 g/mol. The normalized spacial score (nSPS) is 29.5. The Bertz CT molecular complexity index is 382. The molecule has 0 aliphatic carbocycles. The van der Waals surface area contributed by atoms with Crippen molar-refractivity contribution in [1.82, 2.24) is 15.5 Å². The molecule has 2 unspecified atom stereocenters.